The van der Waals surface area contributed by atoms with Crippen molar-refractivity contribution in [3.8, 4) is 11.5 Å². The number of benzene rings is 3. The molecule has 0 heterocycles. The van der Waals surface area contributed by atoms with E-state index in [0.717, 1.165) is 16.7 Å². The number of hydroxylamine groups is 1. The van der Waals surface area contributed by atoms with Crippen LogP contribution in [0, 0.1) is 6.92 Å². The van der Waals surface area contributed by atoms with E-state index >= 15 is 0 Å². The Morgan fingerprint density at radius 3 is 2.16 bits per heavy atom. The first-order chi connectivity index (χ1) is 15.4. The average Bonchev–Trinajstić information content (AvgIpc) is 2.82. The lowest BCUT2D eigenvalue weighted by Crippen LogP contribution is -2.23. The number of methoxy groups -OCH3 is 2. The van der Waals surface area contributed by atoms with Gasteiger partial charge in [0.25, 0.3) is 5.91 Å². The Morgan fingerprint density at radius 2 is 1.56 bits per heavy atom. The summed E-state index contributed by atoms with van der Waals surface area (Å²) in [5.74, 6) is -0.0172. The molecule has 1 atom stereocenters. The Kier molecular flexibility index (Phi) is 7.46. The van der Waals surface area contributed by atoms with Crippen LogP contribution in [0.5, 0.6) is 11.5 Å². The molecule has 166 valence electrons. The number of hydrogen-bond donors (Lipinski definition) is 3. The molecular weight excluding hydrogens is 408 g/mol. The zero-order valence-electron chi connectivity index (χ0n) is 18.2. The third-order valence-electron chi connectivity index (χ3n) is 5.20. The minimum atomic E-state index is -0.617. The van der Waals surface area contributed by atoms with Crippen molar-refractivity contribution in [1.29, 1.82) is 0 Å². The highest BCUT2D eigenvalue weighted by atomic mass is 16.5. The standard InChI is InChI=1S/C25H26N2O5/c1-16-4-7-18(8-5-16)21(14-17-6-13-22(31-2)23(15-17)32-3)25(29)26-20-11-9-19(10-12-20)24(28)27-30/h4-13,15,21,30H,14H2,1-3H3,(H,26,29)(H,27,28). The third kappa shape index (κ3) is 5.44. The van der Waals surface area contributed by atoms with Crippen molar-refractivity contribution in [3.63, 3.8) is 0 Å². The van der Waals surface area contributed by atoms with Gasteiger partial charge < -0.3 is 14.8 Å². The summed E-state index contributed by atoms with van der Waals surface area (Å²) in [6.07, 6.45) is 0.459. The molecule has 2 amide bonds. The van der Waals surface area contributed by atoms with Crippen molar-refractivity contribution in [1.82, 2.24) is 5.48 Å². The Hall–Kier alpha value is -3.84. The van der Waals surface area contributed by atoms with E-state index in [4.69, 9.17) is 14.7 Å². The molecule has 0 bridgehead atoms. The molecule has 1 unspecified atom stereocenters. The summed E-state index contributed by atoms with van der Waals surface area (Å²) in [6.45, 7) is 2.00. The van der Waals surface area contributed by atoms with Gasteiger partial charge in [0.1, 0.15) is 0 Å². The van der Waals surface area contributed by atoms with Gasteiger partial charge in [-0.1, -0.05) is 35.9 Å². The van der Waals surface area contributed by atoms with Crippen molar-refractivity contribution in [3.05, 3.63) is 89.0 Å². The molecule has 0 radical (unpaired) electrons. The monoisotopic (exact) mass is 434 g/mol. The molecule has 3 aromatic rings. The van der Waals surface area contributed by atoms with Crippen molar-refractivity contribution >= 4 is 17.5 Å². The second-order valence-electron chi connectivity index (χ2n) is 7.36. The van der Waals surface area contributed by atoms with Gasteiger partial charge in [-0.15, -0.1) is 0 Å². The lowest BCUT2D eigenvalue weighted by atomic mass is 9.90. The molecule has 3 aromatic carbocycles. The minimum absolute atomic E-state index is 0.178. The summed E-state index contributed by atoms with van der Waals surface area (Å²) < 4.78 is 10.7. The van der Waals surface area contributed by atoms with Crippen LogP contribution in [-0.2, 0) is 11.2 Å². The Labute approximate surface area is 186 Å². The van der Waals surface area contributed by atoms with Gasteiger partial charge in [-0.3, -0.25) is 14.8 Å². The largest absolute Gasteiger partial charge is 0.493 e. The van der Waals surface area contributed by atoms with Gasteiger partial charge in [0.15, 0.2) is 11.5 Å². The molecule has 0 saturated carbocycles. The van der Waals surface area contributed by atoms with Gasteiger partial charge in [0.2, 0.25) is 5.91 Å². The number of aryl methyl sites for hydroxylation is 1. The van der Waals surface area contributed by atoms with Crippen LogP contribution in [0.4, 0.5) is 5.69 Å². The van der Waals surface area contributed by atoms with E-state index in [9.17, 15) is 9.59 Å². The first-order valence-electron chi connectivity index (χ1n) is 10.1. The molecule has 0 aliphatic carbocycles. The quantitative estimate of drug-likeness (QED) is 0.366. The lowest BCUT2D eigenvalue weighted by molar-refractivity contribution is -0.117. The number of carbonyl (C=O) groups is 2. The molecule has 0 aliphatic heterocycles. The topological polar surface area (TPSA) is 96.9 Å². The van der Waals surface area contributed by atoms with E-state index in [1.54, 1.807) is 31.8 Å². The second-order valence-corrected chi connectivity index (χ2v) is 7.36. The van der Waals surface area contributed by atoms with Gasteiger partial charge >= 0.3 is 0 Å². The van der Waals surface area contributed by atoms with Gasteiger partial charge in [-0.05, 0) is 60.9 Å². The fourth-order valence-corrected chi connectivity index (χ4v) is 3.40. The predicted octanol–water partition coefficient (Wildman–Crippen LogP) is 4.10. The first kappa shape index (κ1) is 22.8. The maximum atomic E-state index is 13.3. The first-order valence-corrected chi connectivity index (χ1v) is 10.1. The summed E-state index contributed by atoms with van der Waals surface area (Å²) in [5, 5.41) is 11.7. The molecule has 3 N–H and O–H groups in total. The minimum Gasteiger partial charge on any atom is -0.493 e. The van der Waals surface area contributed by atoms with Crippen molar-refractivity contribution in [2.75, 3.05) is 19.5 Å². The molecule has 3 rings (SSSR count). The van der Waals surface area contributed by atoms with Crippen molar-refractivity contribution < 1.29 is 24.3 Å². The fraction of sp³-hybridized carbons (Fsp3) is 0.200. The fourth-order valence-electron chi connectivity index (χ4n) is 3.40. The average molecular weight is 434 g/mol. The molecule has 0 aromatic heterocycles. The highest BCUT2D eigenvalue weighted by molar-refractivity contribution is 5.97. The molecule has 0 fully saturated rings. The molecule has 0 aliphatic rings. The number of anilines is 1. The lowest BCUT2D eigenvalue weighted by Gasteiger charge is -2.19. The number of rotatable bonds is 8. The Bertz CT molecular complexity index is 1080. The molecule has 7 nitrogen and oxygen atoms in total. The number of carbonyl (C=O) groups excluding carboxylic acids is 2. The second kappa shape index (κ2) is 10.5. The summed E-state index contributed by atoms with van der Waals surface area (Å²) in [4.78, 5) is 24.8. The summed E-state index contributed by atoms with van der Waals surface area (Å²) in [5.41, 5.74) is 5.34. The van der Waals surface area contributed by atoms with E-state index in [1.165, 1.54) is 12.1 Å². The number of ether oxygens (including phenoxy) is 2. The Balaban J connectivity index is 1.86. The van der Waals surface area contributed by atoms with Crippen LogP contribution in [0.2, 0.25) is 0 Å². The summed E-state index contributed by atoms with van der Waals surface area (Å²) >= 11 is 0. The van der Waals surface area contributed by atoms with Crippen LogP contribution in [-0.4, -0.2) is 31.2 Å². The van der Waals surface area contributed by atoms with Crippen LogP contribution in [0.25, 0.3) is 0 Å². The van der Waals surface area contributed by atoms with Crippen LogP contribution in [0.3, 0.4) is 0 Å². The van der Waals surface area contributed by atoms with E-state index in [0.29, 0.717) is 23.6 Å². The van der Waals surface area contributed by atoms with Crippen LogP contribution in [0.1, 0.15) is 33.0 Å². The maximum Gasteiger partial charge on any atom is 0.274 e. The predicted molar refractivity (Wildman–Crippen MR) is 121 cm³/mol. The highest BCUT2D eigenvalue weighted by Crippen LogP contribution is 2.31. The van der Waals surface area contributed by atoms with Gasteiger partial charge in [0.05, 0.1) is 20.1 Å². The molecular formula is C25H26N2O5. The van der Waals surface area contributed by atoms with E-state index in [-0.39, 0.29) is 11.5 Å². The molecule has 0 saturated heterocycles. The van der Waals surface area contributed by atoms with Gasteiger partial charge in [0, 0.05) is 11.3 Å². The SMILES string of the molecule is COc1ccc(CC(C(=O)Nc2ccc(C(=O)NO)cc2)c2ccc(C)cc2)cc1OC. The molecule has 7 heteroatoms. The summed E-state index contributed by atoms with van der Waals surface area (Å²) in [6, 6.07) is 19.8. The number of nitrogens with one attached hydrogen (secondary N) is 2. The van der Waals surface area contributed by atoms with Crippen LogP contribution in [0.15, 0.2) is 66.7 Å². The van der Waals surface area contributed by atoms with Gasteiger partial charge in [-0.25, -0.2) is 5.48 Å². The third-order valence-corrected chi connectivity index (χ3v) is 5.20. The van der Waals surface area contributed by atoms with Crippen molar-refractivity contribution in [2.24, 2.45) is 0 Å². The molecule has 32 heavy (non-hydrogen) atoms. The smallest absolute Gasteiger partial charge is 0.274 e. The van der Waals surface area contributed by atoms with E-state index in [1.807, 2.05) is 49.4 Å². The van der Waals surface area contributed by atoms with E-state index < -0.39 is 11.8 Å². The van der Waals surface area contributed by atoms with Crippen LogP contribution < -0.4 is 20.3 Å². The number of hydrogen-bond acceptors (Lipinski definition) is 5. The van der Waals surface area contributed by atoms with E-state index in [2.05, 4.69) is 5.32 Å². The number of amides is 2. The summed E-state index contributed by atoms with van der Waals surface area (Å²) in [7, 11) is 3.15. The maximum absolute atomic E-state index is 13.3. The van der Waals surface area contributed by atoms with Crippen LogP contribution >= 0.6 is 0 Å². The normalized spacial score (nSPS) is 11.4. The Morgan fingerprint density at radius 1 is 0.906 bits per heavy atom. The zero-order valence-corrected chi connectivity index (χ0v) is 18.2. The van der Waals surface area contributed by atoms with Gasteiger partial charge in [-0.2, -0.15) is 0 Å². The van der Waals surface area contributed by atoms with Crippen molar-refractivity contribution in [2.45, 2.75) is 19.3 Å². The zero-order chi connectivity index (χ0) is 23.1. The molecule has 0 spiro atoms. The highest BCUT2D eigenvalue weighted by Gasteiger charge is 2.22.